The van der Waals surface area contributed by atoms with Crippen LogP contribution in [-0.2, 0) is 22.6 Å². The van der Waals surface area contributed by atoms with E-state index >= 15 is 0 Å². The van der Waals surface area contributed by atoms with Crippen LogP contribution in [0.2, 0.25) is 0 Å². The van der Waals surface area contributed by atoms with E-state index in [2.05, 4.69) is 53.9 Å². The number of allylic oxidation sites excluding steroid dienone is 1. The molecular formula is C37H37N3O4S. The van der Waals surface area contributed by atoms with Crippen molar-refractivity contribution in [3.8, 4) is 11.5 Å². The van der Waals surface area contributed by atoms with Crippen molar-refractivity contribution in [2.45, 2.75) is 20.0 Å². The van der Waals surface area contributed by atoms with Gasteiger partial charge in [0.05, 0.1) is 30.4 Å². The van der Waals surface area contributed by atoms with Crippen LogP contribution in [0.3, 0.4) is 0 Å². The first-order valence-electron chi connectivity index (χ1n) is 15.2. The first kappa shape index (κ1) is 30.5. The minimum absolute atomic E-state index is 0.0943. The number of aliphatic imine (C=N–C) groups is 1. The van der Waals surface area contributed by atoms with Crippen molar-refractivity contribution >= 4 is 51.1 Å². The van der Waals surface area contributed by atoms with E-state index in [0.29, 0.717) is 41.2 Å². The van der Waals surface area contributed by atoms with Gasteiger partial charge in [0.1, 0.15) is 6.61 Å². The highest BCUT2D eigenvalue weighted by Gasteiger charge is 2.30. The van der Waals surface area contributed by atoms with Crippen LogP contribution in [0.1, 0.15) is 23.6 Å². The zero-order valence-corrected chi connectivity index (χ0v) is 26.5. The number of amides is 1. The number of hydrogen-bond acceptors (Lipinski definition) is 7. The molecule has 4 aromatic rings. The van der Waals surface area contributed by atoms with Crippen molar-refractivity contribution in [2.24, 2.45) is 4.99 Å². The molecule has 0 atom stereocenters. The molecule has 2 heterocycles. The second-order valence-corrected chi connectivity index (χ2v) is 11.9. The van der Waals surface area contributed by atoms with E-state index in [1.807, 2.05) is 55.5 Å². The topological polar surface area (TPSA) is 63.6 Å². The molecule has 0 spiro atoms. The van der Waals surface area contributed by atoms with Gasteiger partial charge in [0.2, 0.25) is 0 Å². The van der Waals surface area contributed by atoms with Gasteiger partial charge in [0.15, 0.2) is 16.7 Å². The average molecular weight is 620 g/mol. The van der Waals surface area contributed by atoms with Crippen molar-refractivity contribution < 1.29 is 19.0 Å². The molecule has 0 N–H and O–H groups in total. The number of hydrogen-bond donors (Lipinski definition) is 0. The van der Waals surface area contributed by atoms with Gasteiger partial charge < -0.3 is 19.1 Å². The van der Waals surface area contributed by atoms with E-state index in [9.17, 15) is 4.79 Å². The zero-order valence-electron chi connectivity index (χ0n) is 25.7. The molecular weight excluding hydrogens is 582 g/mol. The average Bonchev–Trinajstić information content (AvgIpc) is 3.32. The largest absolute Gasteiger partial charge is 0.490 e. The Balaban J connectivity index is 1.25. The highest BCUT2D eigenvalue weighted by molar-refractivity contribution is 8.18. The maximum Gasteiger partial charge on any atom is 0.266 e. The molecule has 7 nitrogen and oxygen atoms in total. The number of carbonyl (C=O) groups is 1. The molecule has 2 fully saturated rings. The van der Waals surface area contributed by atoms with Crippen LogP contribution in [0.4, 0.5) is 11.4 Å². The van der Waals surface area contributed by atoms with Gasteiger partial charge in [-0.25, -0.2) is 4.99 Å². The van der Waals surface area contributed by atoms with E-state index in [1.54, 1.807) is 11.9 Å². The summed E-state index contributed by atoms with van der Waals surface area (Å²) >= 11 is 1.37. The SMILES string of the molecule is C=CCc1cc(/C=C2/SC(=Nc3ccc(N4CCOCC4)cc3)N(C)C2=O)cc(OCC)c1OCc1cccc2ccccc12. The van der Waals surface area contributed by atoms with Gasteiger partial charge in [-0.2, -0.15) is 0 Å². The molecule has 0 unspecified atom stereocenters. The lowest BCUT2D eigenvalue weighted by molar-refractivity contribution is -0.121. The Labute approximate surface area is 268 Å². The third-order valence-corrected chi connectivity index (χ3v) is 8.88. The van der Waals surface area contributed by atoms with E-state index in [0.717, 1.165) is 59.8 Å². The fourth-order valence-corrected chi connectivity index (χ4v) is 6.53. The molecule has 8 heteroatoms. The number of carbonyl (C=O) groups excluding carboxylic acids is 1. The van der Waals surface area contributed by atoms with Crippen LogP contribution >= 0.6 is 11.8 Å². The Kier molecular flexibility index (Phi) is 9.52. The summed E-state index contributed by atoms with van der Waals surface area (Å²) in [4.78, 5) is 22.6. The van der Waals surface area contributed by atoms with Crippen LogP contribution in [0, 0.1) is 0 Å². The molecule has 0 saturated carbocycles. The van der Waals surface area contributed by atoms with Crippen LogP contribution in [0.25, 0.3) is 16.8 Å². The third-order valence-electron chi connectivity index (χ3n) is 7.82. The summed E-state index contributed by atoms with van der Waals surface area (Å²) < 4.78 is 18.0. The van der Waals surface area contributed by atoms with Crippen molar-refractivity contribution in [3.63, 3.8) is 0 Å². The first-order valence-corrected chi connectivity index (χ1v) is 16.0. The van der Waals surface area contributed by atoms with E-state index in [4.69, 9.17) is 19.2 Å². The third kappa shape index (κ3) is 6.92. The molecule has 1 amide bonds. The Morgan fingerprint density at radius 3 is 2.53 bits per heavy atom. The highest BCUT2D eigenvalue weighted by Crippen LogP contribution is 2.38. The Hall–Kier alpha value is -4.53. The molecule has 2 aliphatic rings. The smallest absolute Gasteiger partial charge is 0.266 e. The van der Waals surface area contributed by atoms with Crippen LogP contribution in [0.15, 0.2) is 101 Å². The second kappa shape index (κ2) is 14.1. The fraction of sp³-hybridized carbons (Fsp3) is 0.243. The number of likely N-dealkylation sites (N-methyl/N-ethyl adjacent to an activating group) is 1. The van der Waals surface area contributed by atoms with Crippen LogP contribution < -0.4 is 14.4 Å². The molecule has 0 aromatic heterocycles. The highest BCUT2D eigenvalue weighted by atomic mass is 32.2. The minimum Gasteiger partial charge on any atom is -0.490 e. The van der Waals surface area contributed by atoms with Crippen molar-refractivity contribution in [3.05, 3.63) is 113 Å². The summed E-state index contributed by atoms with van der Waals surface area (Å²) in [6.07, 6.45) is 4.35. The number of fused-ring (bicyclic) bond motifs is 1. The summed E-state index contributed by atoms with van der Waals surface area (Å²) in [5.74, 6) is 1.24. The number of thioether (sulfide) groups is 1. The summed E-state index contributed by atoms with van der Waals surface area (Å²) in [5.41, 5.74) is 4.85. The molecule has 45 heavy (non-hydrogen) atoms. The van der Waals surface area contributed by atoms with E-state index in [1.165, 1.54) is 17.1 Å². The number of amidine groups is 1. The van der Waals surface area contributed by atoms with Crippen molar-refractivity contribution in [1.29, 1.82) is 0 Å². The number of morpholine rings is 1. The predicted molar refractivity (Wildman–Crippen MR) is 185 cm³/mol. The first-order chi connectivity index (χ1) is 22.0. The van der Waals surface area contributed by atoms with Crippen molar-refractivity contribution in [1.82, 2.24) is 4.90 Å². The van der Waals surface area contributed by atoms with Crippen molar-refractivity contribution in [2.75, 3.05) is 44.9 Å². The van der Waals surface area contributed by atoms with Crippen LogP contribution in [-0.4, -0.2) is 55.9 Å². The van der Waals surface area contributed by atoms with Gasteiger partial charge in [-0.05, 0) is 89.5 Å². The molecule has 2 saturated heterocycles. The predicted octanol–water partition coefficient (Wildman–Crippen LogP) is 7.62. The number of anilines is 1. The number of rotatable bonds is 10. The molecule has 0 radical (unpaired) electrons. The number of nitrogens with zero attached hydrogens (tertiary/aromatic N) is 3. The maximum absolute atomic E-state index is 13.3. The Bertz CT molecular complexity index is 1750. The summed E-state index contributed by atoms with van der Waals surface area (Å²) in [6, 6.07) is 26.7. The summed E-state index contributed by atoms with van der Waals surface area (Å²) in [7, 11) is 1.76. The Morgan fingerprint density at radius 1 is 0.978 bits per heavy atom. The lowest BCUT2D eigenvalue weighted by atomic mass is 10.0. The minimum atomic E-state index is -0.0943. The Morgan fingerprint density at radius 2 is 1.76 bits per heavy atom. The van der Waals surface area contributed by atoms with Gasteiger partial charge in [0.25, 0.3) is 5.91 Å². The standard InChI is InChI=1S/C37H37N3O4S/c1-4-9-28-22-26(23-33(43-5-2)35(28)44-25-29-12-8-11-27-10-6-7-13-32(27)29)24-34-36(41)39(3)37(45-34)38-30-14-16-31(17-15-30)40-18-20-42-21-19-40/h4,6-8,10-17,22-24H,1,5,9,18-21,25H2,2-3H3/b34-24+,38-37?. The van der Waals surface area contributed by atoms with E-state index < -0.39 is 0 Å². The van der Waals surface area contributed by atoms with Gasteiger partial charge in [-0.1, -0.05) is 48.5 Å². The molecule has 0 bridgehead atoms. The van der Waals surface area contributed by atoms with Crippen LogP contribution in [0.5, 0.6) is 11.5 Å². The lowest BCUT2D eigenvalue weighted by Crippen LogP contribution is -2.36. The van der Waals surface area contributed by atoms with Gasteiger partial charge in [-0.15, -0.1) is 6.58 Å². The molecule has 4 aromatic carbocycles. The number of ether oxygens (including phenoxy) is 3. The van der Waals surface area contributed by atoms with Gasteiger partial charge in [0, 0.05) is 31.4 Å². The normalized spacial score (nSPS) is 17.0. The number of benzene rings is 4. The fourth-order valence-electron chi connectivity index (χ4n) is 5.54. The van der Waals surface area contributed by atoms with E-state index in [-0.39, 0.29) is 5.91 Å². The monoisotopic (exact) mass is 619 g/mol. The lowest BCUT2D eigenvalue weighted by Gasteiger charge is -2.28. The zero-order chi connectivity index (χ0) is 31.2. The van der Waals surface area contributed by atoms with Gasteiger partial charge >= 0.3 is 0 Å². The molecule has 2 aliphatic heterocycles. The maximum atomic E-state index is 13.3. The molecule has 6 rings (SSSR count). The quantitative estimate of drug-likeness (QED) is 0.134. The summed E-state index contributed by atoms with van der Waals surface area (Å²) in [5, 5.41) is 2.97. The molecule has 230 valence electrons. The summed E-state index contributed by atoms with van der Waals surface area (Å²) in [6.45, 7) is 10.0. The van der Waals surface area contributed by atoms with Gasteiger partial charge in [-0.3, -0.25) is 9.69 Å². The molecule has 0 aliphatic carbocycles. The second-order valence-electron chi connectivity index (χ2n) is 10.8.